The molecule has 28 heavy (non-hydrogen) atoms. The van der Waals surface area contributed by atoms with Crippen molar-refractivity contribution in [3.05, 3.63) is 57.9 Å². The third-order valence-corrected chi connectivity index (χ3v) is 4.38. The number of nitrogens with one attached hydrogen (secondary N) is 1. The molecule has 2 aromatic rings. The van der Waals surface area contributed by atoms with Crippen LogP contribution in [0.4, 0.5) is 5.69 Å². The van der Waals surface area contributed by atoms with Gasteiger partial charge in [0.25, 0.3) is 5.69 Å². The second-order valence-corrected chi connectivity index (χ2v) is 6.31. The van der Waals surface area contributed by atoms with Crippen LogP contribution in [0.15, 0.2) is 41.7 Å². The number of halogens is 1. The van der Waals surface area contributed by atoms with Gasteiger partial charge in [0.1, 0.15) is 6.10 Å². The van der Waals surface area contributed by atoms with E-state index in [9.17, 15) is 10.1 Å². The van der Waals surface area contributed by atoms with Gasteiger partial charge in [-0.1, -0.05) is 18.2 Å². The summed E-state index contributed by atoms with van der Waals surface area (Å²) in [6.45, 7) is 4.89. The normalized spacial score (nSPS) is 17.1. The molecule has 152 valence electrons. The largest absolute Gasteiger partial charge is 0.370 e. The summed E-state index contributed by atoms with van der Waals surface area (Å²) in [7, 11) is 1.88. The zero-order valence-electron chi connectivity index (χ0n) is 15.9. The molecule has 1 fully saturated rings. The van der Waals surface area contributed by atoms with E-state index in [0.29, 0.717) is 31.8 Å². The molecule has 10 heteroatoms. The minimum atomic E-state index is -0.370. The average Bonchev–Trinajstić information content (AvgIpc) is 3.12. The van der Waals surface area contributed by atoms with Crippen molar-refractivity contribution in [1.29, 1.82) is 0 Å². The first-order chi connectivity index (χ1) is 13.1. The average molecular weight is 500 g/mol. The van der Waals surface area contributed by atoms with Crippen LogP contribution in [0.1, 0.15) is 24.2 Å². The lowest BCUT2D eigenvalue weighted by Crippen LogP contribution is -2.48. The van der Waals surface area contributed by atoms with Crippen LogP contribution in [0, 0.1) is 10.1 Å². The van der Waals surface area contributed by atoms with E-state index in [-0.39, 0.29) is 47.2 Å². The molecule has 1 aliphatic rings. The Morgan fingerprint density at radius 2 is 2.25 bits per heavy atom. The highest BCUT2D eigenvalue weighted by Gasteiger charge is 2.25. The molecule has 1 unspecified atom stereocenters. The number of rotatable bonds is 5. The van der Waals surface area contributed by atoms with E-state index >= 15 is 0 Å². The number of guanidine groups is 1. The van der Waals surface area contributed by atoms with Crippen LogP contribution < -0.4 is 5.32 Å². The summed E-state index contributed by atoms with van der Waals surface area (Å²) in [5, 5.41) is 18.7. The van der Waals surface area contributed by atoms with E-state index in [1.165, 1.54) is 6.07 Å². The van der Waals surface area contributed by atoms with Crippen molar-refractivity contribution in [2.24, 2.45) is 12.0 Å². The van der Waals surface area contributed by atoms with Gasteiger partial charge in [-0.3, -0.25) is 14.8 Å². The number of nitrogens with zero attached hydrogens (tertiary/aromatic N) is 5. The molecule has 0 spiro atoms. The molecule has 1 N–H and O–H groups in total. The molecular formula is C18H25IN6O3. The number of benzene rings is 1. The number of para-hydroxylation sites is 1. The highest BCUT2D eigenvalue weighted by atomic mass is 127. The van der Waals surface area contributed by atoms with Gasteiger partial charge in [-0.15, -0.1) is 24.0 Å². The van der Waals surface area contributed by atoms with Crippen LogP contribution >= 0.6 is 24.0 Å². The summed E-state index contributed by atoms with van der Waals surface area (Å²) in [5.41, 5.74) is 1.71. The topological polar surface area (TPSA) is 97.8 Å². The van der Waals surface area contributed by atoms with Crippen molar-refractivity contribution in [1.82, 2.24) is 20.0 Å². The van der Waals surface area contributed by atoms with Gasteiger partial charge in [0.15, 0.2) is 5.96 Å². The first kappa shape index (κ1) is 22.1. The van der Waals surface area contributed by atoms with Gasteiger partial charge in [0, 0.05) is 38.0 Å². The maximum absolute atomic E-state index is 11.2. The lowest BCUT2D eigenvalue weighted by atomic mass is 10.1. The maximum Gasteiger partial charge on any atom is 0.274 e. The van der Waals surface area contributed by atoms with Crippen molar-refractivity contribution in [3.63, 3.8) is 0 Å². The summed E-state index contributed by atoms with van der Waals surface area (Å²) in [4.78, 5) is 17.6. The van der Waals surface area contributed by atoms with Gasteiger partial charge < -0.3 is 15.0 Å². The molecule has 1 atom stereocenters. The smallest absolute Gasteiger partial charge is 0.274 e. The van der Waals surface area contributed by atoms with Gasteiger partial charge in [0.05, 0.1) is 36.4 Å². The summed E-state index contributed by atoms with van der Waals surface area (Å²) >= 11 is 0. The minimum absolute atomic E-state index is 0. The first-order valence-corrected chi connectivity index (χ1v) is 8.94. The number of nitro benzene ring substituents is 1. The molecule has 0 saturated carbocycles. The third kappa shape index (κ3) is 5.41. The van der Waals surface area contributed by atoms with Crippen molar-refractivity contribution < 1.29 is 9.66 Å². The maximum atomic E-state index is 11.2. The Kier molecular flexibility index (Phi) is 8.18. The minimum Gasteiger partial charge on any atom is -0.370 e. The molecule has 0 bridgehead atoms. The molecule has 1 aromatic heterocycles. The Morgan fingerprint density at radius 3 is 2.93 bits per heavy atom. The SMILES string of the molecule is CCNC(=NCc1ccccc1[N+](=O)[O-])N1CCOC(c2cnn(C)c2)C1.I. The van der Waals surface area contributed by atoms with E-state index in [0.717, 1.165) is 11.5 Å². The molecule has 1 aromatic carbocycles. The van der Waals surface area contributed by atoms with Crippen LogP contribution in [-0.4, -0.2) is 51.8 Å². The molecule has 3 rings (SSSR count). The van der Waals surface area contributed by atoms with E-state index in [1.807, 2.05) is 26.4 Å². The second-order valence-electron chi connectivity index (χ2n) is 6.31. The van der Waals surface area contributed by atoms with Crippen molar-refractivity contribution in [2.75, 3.05) is 26.2 Å². The van der Waals surface area contributed by atoms with Crippen molar-refractivity contribution in [3.8, 4) is 0 Å². The number of nitro groups is 1. The quantitative estimate of drug-likeness (QED) is 0.223. The van der Waals surface area contributed by atoms with Gasteiger partial charge in [-0.25, -0.2) is 4.99 Å². The molecule has 0 aliphatic carbocycles. The summed E-state index contributed by atoms with van der Waals surface area (Å²) in [6.07, 6.45) is 3.68. The lowest BCUT2D eigenvalue weighted by molar-refractivity contribution is -0.385. The van der Waals surface area contributed by atoms with Gasteiger partial charge in [0.2, 0.25) is 0 Å². The summed E-state index contributed by atoms with van der Waals surface area (Å²) < 4.78 is 7.64. The number of hydrogen-bond acceptors (Lipinski definition) is 5. The van der Waals surface area contributed by atoms with Crippen molar-refractivity contribution in [2.45, 2.75) is 19.6 Å². The van der Waals surface area contributed by atoms with E-state index < -0.39 is 0 Å². The molecule has 0 amide bonds. The van der Waals surface area contributed by atoms with Crippen LogP contribution in [0.2, 0.25) is 0 Å². The zero-order chi connectivity index (χ0) is 19.2. The number of morpholine rings is 1. The molecular weight excluding hydrogens is 475 g/mol. The van der Waals surface area contributed by atoms with E-state index in [2.05, 4.69) is 20.3 Å². The number of ether oxygens (including phenoxy) is 1. The van der Waals surface area contributed by atoms with E-state index in [4.69, 9.17) is 4.74 Å². The fourth-order valence-corrected chi connectivity index (χ4v) is 3.06. The number of hydrogen-bond donors (Lipinski definition) is 1. The fraction of sp³-hybridized carbons (Fsp3) is 0.444. The van der Waals surface area contributed by atoms with Crippen LogP contribution in [-0.2, 0) is 18.3 Å². The highest BCUT2D eigenvalue weighted by Crippen LogP contribution is 2.22. The lowest BCUT2D eigenvalue weighted by Gasteiger charge is -2.34. The highest BCUT2D eigenvalue weighted by molar-refractivity contribution is 14.0. The molecule has 1 saturated heterocycles. The van der Waals surface area contributed by atoms with Gasteiger partial charge in [-0.05, 0) is 6.92 Å². The molecule has 0 radical (unpaired) electrons. The molecule has 2 heterocycles. The fourth-order valence-electron chi connectivity index (χ4n) is 3.06. The second kappa shape index (κ2) is 10.4. The van der Waals surface area contributed by atoms with E-state index in [1.54, 1.807) is 22.9 Å². The molecule has 1 aliphatic heterocycles. The Bertz CT molecular complexity index is 825. The number of aromatic nitrogens is 2. The van der Waals surface area contributed by atoms with Crippen LogP contribution in [0.3, 0.4) is 0 Å². The van der Waals surface area contributed by atoms with Crippen molar-refractivity contribution >= 4 is 35.6 Å². The third-order valence-electron chi connectivity index (χ3n) is 4.38. The van der Waals surface area contributed by atoms with Gasteiger partial charge in [-0.2, -0.15) is 5.10 Å². The Morgan fingerprint density at radius 1 is 1.46 bits per heavy atom. The van der Waals surface area contributed by atoms with Gasteiger partial charge >= 0.3 is 0 Å². The zero-order valence-corrected chi connectivity index (χ0v) is 18.3. The Labute approximate surface area is 180 Å². The summed E-state index contributed by atoms with van der Waals surface area (Å²) in [6, 6.07) is 6.70. The van der Waals surface area contributed by atoms with Crippen LogP contribution in [0.5, 0.6) is 0 Å². The Balaban J connectivity index is 0.00000280. The molecule has 9 nitrogen and oxygen atoms in total. The Hall–Kier alpha value is -2.21. The predicted octanol–water partition coefficient (Wildman–Crippen LogP) is 2.49. The first-order valence-electron chi connectivity index (χ1n) is 8.94. The number of aryl methyl sites for hydroxylation is 1. The predicted molar refractivity (Wildman–Crippen MR) is 117 cm³/mol. The summed E-state index contributed by atoms with van der Waals surface area (Å²) in [5.74, 6) is 0.729. The monoisotopic (exact) mass is 500 g/mol. The number of aliphatic imine (C=N–C) groups is 1. The standard InChI is InChI=1S/C18H24N6O3.HI/c1-3-19-18(20-10-14-6-4-5-7-16(14)24(25)26)23-8-9-27-17(13-23)15-11-21-22(2)12-15;/h4-7,11-12,17H,3,8-10,13H2,1-2H3,(H,19,20);1H. The van der Waals surface area contributed by atoms with Crippen LogP contribution in [0.25, 0.3) is 0 Å².